The molecule has 4 heteroatoms. The molecule has 2 N–H and O–H groups in total. The minimum absolute atomic E-state index is 0.0429. The Morgan fingerprint density at radius 1 is 0.857 bits per heavy atom. The molecule has 0 aromatic rings. The molecule has 21 heavy (non-hydrogen) atoms. The van der Waals surface area contributed by atoms with E-state index in [9.17, 15) is 4.79 Å². The maximum Gasteiger partial charge on any atom is 0.308 e. The summed E-state index contributed by atoms with van der Waals surface area (Å²) in [6, 6.07) is 0. The van der Waals surface area contributed by atoms with Crippen LogP contribution in [-0.4, -0.2) is 39.3 Å². The Morgan fingerprint density at radius 3 is 2.14 bits per heavy atom. The van der Waals surface area contributed by atoms with Gasteiger partial charge in [-0.2, -0.15) is 0 Å². The molecular formula is C17H34N2O2. The summed E-state index contributed by atoms with van der Waals surface area (Å²) in [4.78, 5) is 11.2. The maximum atomic E-state index is 11.2. The fraction of sp³-hybridized carbons (Fsp3) is 0.941. The first-order chi connectivity index (χ1) is 10.2. The smallest absolute Gasteiger partial charge is 0.308 e. The lowest BCUT2D eigenvalue weighted by Crippen LogP contribution is -2.26. The van der Waals surface area contributed by atoms with Gasteiger partial charge in [-0.3, -0.25) is 4.79 Å². The molecule has 1 atom stereocenters. The third-order valence-corrected chi connectivity index (χ3v) is 4.46. The number of carbonyl (C=O) groups excluding carboxylic acids is 1. The van der Waals surface area contributed by atoms with E-state index in [1.807, 2.05) is 0 Å². The number of carbonyl (C=O) groups is 1. The third-order valence-electron chi connectivity index (χ3n) is 4.46. The van der Waals surface area contributed by atoms with Gasteiger partial charge in [0, 0.05) is 0 Å². The Morgan fingerprint density at radius 2 is 1.48 bits per heavy atom. The van der Waals surface area contributed by atoms with E-state index < -0.39 is 0 Å². The van der Waals surface area contributed by atoms with Crippen LogP contribution >= 0.6 is 0 Å². The molecule has 4 nitrogen and oxygen atoms in total. The molecule has 0 spiro atoms. The van der Waals surface area contributed by atoms with Crippen LogP contribution in [0.15, 0.2) is 0 Å². The number of ether oxygens (including phenoxy) is 1. The highest BCUT2D eigenvalue weighted by Crippen LogP contribution is 2.15. The summed E-state index contributed by atoms with van der Waals surface area (Å²) in [6.45, 7) is 6.88. The number of nitrogens with one attached hydrogen (secondary N) is 2. The van der Waals surface area contributed by atoms with E-state index in [-0.39, 0.29) is 11.9 Å². The van der Waals surface area contributed by atoms with Crippen LogP contribution in [0.3, 0.4) is 0 Å². The van der Waals surface area contributed by atoms with Crippen molar-refractivity contribution in [1.29, 1.82) is 0 Å². The lowest BCUT2D eigenvalue weighted by atomic mass is 9.97. The van der Waals surface area contributed by atoms with Crippen LogP contribution < -0.4 is 10.6 Å². The predicted molar refractivity (Wildman–Crippen MR) is 87.3 cm³/mol. The molecule has 2 heterocycles. The lowest BCUT2D eigenvalue weighted by molar-refractivity contribution is -0.146. The summed E-state index contributed by atoms with van der Waals surface area (Å²) in [5.41, 5.74) is 0. The summed E-state index contributed by atoms with van der Waals surface area (Å²) in [5.74, 6) is 1.06. The molecule has 2 fully saturated rings. The second-order valence-electron chi connectivity index (χ2n) is 6.39. The minimum Gasteiger partial charge on any atom is -0.469 e. The van der Waals surface area contributed by atoms with Crippen LogP contribution in [0, 0.1) is 11.8 Å². The number of rotatable bonds is 1. The highest BCUT2D eigenvalue weighted by Gasteiger charge is 2.19. The van der Waals surface area contributed by atoms with Crippen LogP contribution in [0.2, 0.25) is 0 Å². The SMILES string of the molecule is CC1CCCNCCC1.COC(=O)C1CCCCNCC1. The Balaban J connectivity index is 0.000000219. The molecule has 0 radical (unpaired) electrons. The number of hydrogen-bond donors (Lipinski definition) is 2. The largest absolute Gasteiger partial charge is 0.469 e. The molecule has 2 rings (SSSR count). The fourth-order valence-electron chi connectivity index (χ4n) is 3.01. The molecule has 124 valence electrons. The first-order valence-corrected chi connectivity index (χ1v) is 8.73. The van der Waals surface area contributed by atoms with E-state index in [0.29, 0.717) is 0 Å². The van der Waals surface area contributed by atoms with Crippen molar-refractivity contribution in [3.63, 3.8) is 0 Å². The van der Waals surface area contributed by atoms with Crippen molar-refractivity contribution in [2.45, 2.75) is 58.3 Å². The van der Waals surface area contributed by atoms with Gasteiger partial charge in [-0.25, -0.2) is 0 Å². The second kappa shape index (κ2) is 12.0. The summed E-state index contributed by atoms with van der Waals surface area (Å²) < 4.78 is 4.72. The van der Waals surface area contributed by atoms with Crippen molar-refractivity contribution in [2.75, 3.05) is 33.3 Å². The summed E-state index contributed by atoms with van der Waals surface area (Å²) in [7, 11) is 1.47. The fourth-order valence-corrected chi connectivity index (χ4v) is 3.01. The molecule has 0 bridgehead atoms. The Bertz CT molecular complexity index is 256. The monoisotopic (exact) mass is 298 g/mol. The molecule has 0 aromatic heterocycles. The molecule has 0 aromatic carbocycles. The highest BCUT2D eigenvalue weighted by molar-refractivity contribution is 5.72. The normalized spacial score (nSPS) is 25.3. The topological polar surface area (TPSA) is 50.4 Å². The molecule has 1 unspecified atom stereocenters. The summed E-state index contributed by atoms with van der Waals surface area (Å²) in [5, 5.41) is 6.70. The third kappa shape index (κ3) is 9.10. The Kier molecular flexibility index (Phi) is 10.5. The van der Waals surface area contributed by atoms with Crippen LogP contribution in [0.25, 0.3) is 0 Å². The number of methoxy groups -OCH3 is 1. The maximum absolute atomic E-state index is 11.2. The van der Waals surface area contributed by atoms with Gasteiger partial charge in [-0.1, -0.05) is 13.3 Å². The second-order valence-corrected chi connectivity index (χ2v) is 6.39. The van der Waals surface area contributed by atoms with E-state index in [4.69, 9.17) is 4.74 Å². The van der Waals surface area contributed by atoms with Crippen LogP contribution in [-0.2, 0) is 9.53 Å². The standard InChI is InChI=1S/C9H17NO2.C8H17N/c1-12-9(11)8-4-2-3-6-10-7-5-8;1-8-4-2-6-9-7-3-5-8/h8,10H,2-7H2,1H3;8-9H,2-7H2,1H3. The quantitative estimate of drug-likeness (QED) is 0.731. The van der Waals surface area contributed by atoms with Gasteiger partial charge in [0.25, 0.3) is 0 Å². The van der Waals surface area contributed by atoms with Gasteiger partial charge >= 0.3 is 5.97 Å². The lowest BCUT2D eigenvalue weighted by Gasteiger charge is -2.17. The van der Waals surface area contributed by atoms with Crippen molar-refractivity contribution in [3.8, 4) is 0 Å². The Hall–Kier alpha value is -0.610. The molecule has 0 amide bonds. The first-order valence-electron chi connectivity index (χ1n) is 8.73. The molecule has 0 saturated carbocycles. The van der Waals surface area contributed by atoms with E-state index >= 15 is 0 Å². The molecule has 2 aliphatic heterocycles. The van der Waals surface area contributed by atoms with Crippen LogP contribution in [0.5, 0.6) is 0 Å². The van der Waals surface area contributed by atoms with E-state index in [1.165, 1.54) is 52.3 Å². The van der Waals surface area contributed by atoms with Crippen LogP contribution in [0.4, 0.5) is 0 Å². The number of esters is 1. The minimum atomic E-state index is -0.0429. The average molecular weight is 298 g/mol. The van der Waals surface area contributed by atoms with Gasteiger partial charge in [0.2, 0.25) is 0 Å². The van der Waals surface area contributed by atoms with Crippen molar-refractivity contribution >= 4 is 5.97 Å². The summed E-state index contributed by atoms with van der Waals surface area (Å²) in [6.07, 6.45) is 9.82. The predicted octanol–water partition coefficient (Wildman–Crippen LogP) is 2.73. The molecule has 0 aliphatic carbocycles. The van der Waals surface area contributed by atoms with Crippen molar-refractivity contribution < 1.29 is 9.53 Å². The van der Waals surface area contributed by atoms with Crippen molar-refractivity contribution in [2.24, 2.45) is 11.8 Å². The molecule has 2 saturated heterocycles. The number of hydrogen-bond acceptors (Lipinski definition) is 4. The van der Waals surface area contributed by atoms with E-state index in [1.54, 1.807) is 0 Å². The van der Waals surface area contributed by atoms with Gasteiger partial charge in [0.1, 0.15) is 0 Å². The van der Waals surface area contributed by atoms with Crippen molar-refractivity contribution in [3.05, 3.63) is 0 Å². The van der Waals surface area contributed by atoms with E-state index in [2.05, 4.69) is 17.6 Å². The Labute approximate surface area is 130 Å². The highest BCUT2D eigenvalue weighted by atomic mass is 16.5. The van der Waals surface area contributed by atoms with Gasteiger partial charge in [-0.05, 0) is 77.0 Å². The first kappa shape index (κ1) is 18.4. The van der Waals surface area contributed by atoms with Gasteiger partial charge in [0.05, 0.1) is 13.0 Å². The van der Waals surface area contributed by atoms with Crippen LogP contribution in [0.1, 0.15) is 58.3 Å². The zero-order valence-electron chi connectivity index (χ0n) is 14.0. The van der Waals surface area contributed by atoms with Gasteiger partial charge < -0.3 is 15.4 Å². The van der Waals surface area contributed by atoms with E-state index in [0.717, 1.165) is 38.3 Å². The summed E-state index contributed by atoms with van der Waals surface area (Å²) >= 11 is 0. The zero-order valence-corrected chi connectivity index (χ0v) is 14.0. The van der Waals surface area contributed by atoms with Gasteiger partial charge in [0.15, 0.2) is 0 Å². The molecule has 2 aliphatic rings. The average Bonchev–Trinajstić information content (AvgIpc) is 2.43. The zero-order chi connectivity index (χ0) is 15.3. The van der Waals surface area contributed by atoms with Gasteiger partial charge in [-0.15, -0.1) is 0 Å². The molecular weight excluding hydrogens is 264 g/mol. The van der Waals surface area contributed by atoms with Crippen molar-refractivity contribution in [1.82, 2.24) is 10.6 Å².